The summed E-state index contributed by atoms with van der Waals surface area (Å²) in [6.45, 7) is 1.27. The summed E-state index contributed by atoms with van der Waals surface area (Å²) in [7, 11) is 0. The summed E-state index contributed by atoms with van der Waals surface area (Å²) in [5, 5.41) is 3.21. The molecule has 0 saturated heterocycles. The van der Waals surface area contributed by atoms with E-state index >= 15 is 0 Å². The van der Waals surface area contributed by atoms with Crippen molar-refractivity contribution < 1.29 is 9.59 Å². The third kappa shape index (κ3) is 5.51. The molecule has 0 aliphatic rings. The largest absolute Gasteiger partial charge is 0.349 e. The summed E-state index contributed by atoms with van der Waals surface area (Å²) in [6.07, 6.45) is 0.551. The average molecular weight is 441 g/mol. The van der Waals surface area contributed by atoms with Crippen LogP contribution in [0.2, 0.25) is 0 Å². The van der Waals surface area contributed by atoms with Crippen LogP contribution in [-0.4, -0.2) is 39.8 Å². The van der Waals surface area contributed by atoms with Crippen LogP contribution >= 0.6 is 0 Å². The molecule has 1 aromatic heterocycles. The molecule has 0 spiro atoms. The van der Waals surface area contributed by atoms with Gasteiger partial charge in [-0.1, -0.05) is 60.7 Å². The second kappa shape index (κ2) is 10.4. The lowest BCUT2D eigenvalue weighted by Gasteiger charge is -2.23. The summed E-state index contributed by atoms with van der Waals surface area (Å²) in [6, 6.07) is 25.8. The van der Waals surface area contributed by atoms with Gasteiger partial charge in [-0.15, -0.1) is 0 Å². The maximum atomic E-state index is 13.0. The average Bonchev–Trinajstić information content (AvgIpc) is 2.86. The fraction of sp³-hybridized carbons (Fsp3) is 0.154. The summed E-state index contributed by atoms with van der Waals surface area (Å²) >= 11 is 0. The van der Waals surface area contributed by atoms with Crippen LogP contribution in [0.1, 0.15) is 33.0 Å². The molecule has 0 radical (unpaired) electrons. The molecule has 2 amide bonds. The third-order valence-electron chi connectivity index (χ3n) is 5.24. The number of amides is 2. The Balaban J connectivity index is 1.39. The molecular formula is C26H24N4O3. The Morgan fingerprint density at radius 2 is 1.55 bits per heavy atom. The standard InChI is InChI=1S/C26H24N4O3/c31-24-21-14-7-8-15-22(21)28-23(29-24)25(32)27-16-9-17-30(18-19-10-3-1-4-11-19)26(33)20-12-5-2-6-13-20/h1-8,10-15H,9,16-18H2,(H,27,32)(H,28,29,31). The van der Waals surface area contributed by atoms with Crippen molar-refractivity contribution in [3.8, 4) is 0 Å². The predicted molar refractivity (Wildman–Crippen MR) is 127 cm³/mol. The molecule has 2 N–H and O–H groups in total. The van der Waals surface area contributed by atoms with Crippen molar-refractivity contribution in [3.05, 3.63) is 112 Å². The molecule has 1 heterocycles. The van der Waals surface area contributed by atoms with Gasteiger partial charge in [0.1, 0.15) is 0 Å². The Kier molecular flexibility index (Phi) is 6.90. The van der Waals surface area contributed by atoms with E-state index in [4.69, 9.17) is 0 Å². The fourth-order valence-electron chi connectivity index (χ4n) is 3.57. The van der Waals surface area contributed by atoms with Gasteiger partial charge in [0.15, 0.2) is 5.82 Å². The van der Waals surface area contributed by atoms with Crippen LogP contribution in [0.5, 0.6) is 0 Å². The normalized spacial score (nSPS) is 10.7. The predicted octanol–water partition coefficient (Wildman–Crippen LogP) is 3.39. The van der Waals surface area contributed by atoms with Crippen molar-refractivity contribution in [3.63, 3.8) is 0 Å². The maximum Gasteiger partial charge on any atom is 0.287 e. The maximum absolute atomic E-state index is 13.0. The monoisotopic (exact) mass is 440 g/mol. The molecule has 7 heteroatoms. The number of carbonyl (C=O) groups excluding carboxylic acids is 2. The summed E-state index contributed by atoms with van der Waals surface area (Å²) < 4.78 is 0. The van der Waals surface area contributed by atoms with Gasteiger partial charge in [-0.05, 0) is 36.2 Å². The number of fused-ring (bicyclic) bond motifs is 1. The highest BCUT2D eigenvalue weighted by molar-refractivity contribution is 5.94. The van der Waals surface area contributed by atoms with Crippen molar-refractivity contribution in [2.75, 3.05) is 13.1 Å². The molecule has 7 nitrogen and oxygen atoms in total. The lowest BCUT2D eigenvalue weighted by atomic mass is 10.1. The zero-order chi connectivity index (χ0) is 23.0. The quantitative estimate of drug-likeness (QED) is 0.411. The van der Waals surface area contributed by atoms with Gasteiger partial charge in [-0.3, -0.25) is 14.4 Å². The van der Waals surface area contributed by atoms with Gasteiger partial charge in [0.05, 0.1) is 10.9 Å². The molecule has 4 aromatic rings. The molecule has 0 aliphatic carbocycles. The first-order valence-electron chi connectivity index (χ1n) is 10.8. The number of nitrogens with one attached hydrogen (secondary N) is 2. The minimum absolute atomic E-state index is 0.0276. The minimum atomic E-state index is -0.457. The highest BCUT2D eigenvalue weighted by Gasteiger charge is 2.16. The van der Waals surface area contributed by atoms with Crippen molar-refractivity contribution in [1.29, 1.82) is 0 Å². The van der Waals surface area contributed by atoms with Crippen LogP contribution in [0.25, 0.3) is 10.9 Å². The number of rotatable bonds is 8. The molecule has 166 valence electrons. The Morgan fingerprint density at radius 1 is 0.879 bits per heavy atom. The van der Waals surface area contributed by atoms with Crippen molar-refractivity contribution in [1.82, 2.24) is 20.2 Å². The van der Waals surface area contributed by atoms with E-state index in [0.29, 0.717) is 42.5 Å². The van der Waals surface area contributed by atoms with E-state index in [1.165, 1.54) is 0 Å². The van der Waals surface area contributed by atoms with Gasteiger partial charge in [0.2, 0.25) is 0 Å². The summed E-state index contributed by atoms with van der Waals surface area (Å²) in [5.74, 6) is -0.548. The molecule has 3 aromatic carbocycles. The van der Waals surface area contributed by atoms with E-state index < -0.39 is 5.91 Å². The zero-order valence-corrected chi connectivity index (χ0v) is 18.0. The molecule has 0 aliphatic heterocycles. The van der Waals surface area contributed by atoms with Gasteiger partial charge in [-0.25, -0.2) is 4.98 Å². The molecular weight excluding hydrogens is 416 g/mol. The van der Waals surface area contributed by atoms with Crippen molar-refractivity contribution >= 4 is 22.7 Å². The van der Waals surface area contributed by atoms with E-state index in [0.717, 1.165) is 5.56 Å². The smallest absolute Gasteiger partial charge is 0.287 e. The first-order chi connectivity index (χ1) is 16.1. The van der Waals surface area contributed by atoms with E-state index in [-0.39, 0.29) is 17.3 Å². The molecule has 0 unspecified atom stereocenters. The van der Waals surface area contributed by atoms with Crippen LogP contribution in [-0.2, 0) is 6.54 Å². The number of H-pyrrole nitrogens is 1. The number of hydrogen-bond acceptors (Lipinski definition) is 4. The van der Waals surface area contributed by atoms with Crippen LogP contribution in [0.3, 0.4) is 0 Å². The topological polar surface area (TPSA) is 95.2 Å². The number of hydrogen-bond donors (Lipinski definition) is 2. The molecule has 4 rings (SSSR count). The van der Waals surface area contributed by atoms with Gasteiger partial charge >= 0.3 is 0 Å². The molecule has 33 heavy (non-hydrogen) atoms. The SMILES string of the molecule is O=C(NCCCN(Cc1ccccc1)C(=O)c1ccccc1)c1nc2ccccc2c(=O)[nH]1. The van der Waals surface area contributed by atoms with Crippen molar-refractivity contribution in [2.24, 2.45) is 0 Å². The van der Waals surface area contributed by atoms with Crippen LogP contribution in [0, 0.1) is 0 Å². The lowest BCUT2D eigenvalue weighted by molar-refractivity contribution is 0.0741. The van der Waals surface area contributed by atoms with Gasteiger partial charge < -0.3 is 15.2 Å². The summed E-state index contributed by atoms with van der Waals surface area (Å²) in [4.78, 5) is 46.3. The van der Waals surface area contributed by atoms with Gasteiger partial charge in [0, 0.05) is 25.2 Å². The second-order valence-electron chi connectivity index (χ2n) is 7.62. The third-order valence-corrected chi connectivity index (χ3v) is 5.24. The fourth-order valence-corrected chi connectivity index (χ4v) is 3.57. The number of aromatic amines is 1. The number of nitrogens with zero attached hydrogens (tertiary/aromatic N) is 2. The first kappa shape index (κ1) is 22.0. The highest BCUT2D eigenvalue weighted by atomic mass is 16.2. The second-order valence-corrected chi connectivity index (χ2v) is 7.62. The Hall–Kier alpha value is -4.26. The highest BCUT2D eigenvalue weighted by Crippen LogP contribution is 2.11. The minimum Gasteiger partial charge on any atom is -0.349 e. The van der Waals surface area contributed by atoms with Crippen molar-refractivity contribution in [2.45, 2.75) is 13.0 Å². The van der Waals surface area contributed by atoms with Crippen LogP contribution < -0.4 is 10.9 Å². The van der Waals surface area contributed by atoms with E-state index in [1.54, 1.807) is 41.3 Å². The van der Waals surface area contributed by atoms with E-state index in [1.807, 2.05) is 48.5 Å². The Morgan fingerprint density at radius 3 is 2.30 bits per heavy atom. The molecule has 0 fully saturated rings. The molecule has 0 atom stereocenters. The number of benzene rings is 3. The first-order valence-corrected chi connectivity index (χ1v) is 10.8. The molecule has 0 bridgehead atoms. The zero-order valence-electron chi connectivity index (χ0n) is 18.0. The van der Waals surface area contributed by atoms with Crippen LogP contribution in [0.15, 0.2) is 89.7 Å². The number of para-hydroxylation sites is 1. The summed E-state index contributed by atoms with van der Waals surface area (Å²) in [5.41, 5.74) is 1.77. The van der Waals surface area contributed by atoms with Gasteiger partial charge in [-0.2, -0.15) is 0 Å². The van der Waals surface area contributed by atoms with E-state index in [9.17, 15) is 14.4 Å². The number of aromatic nitrogens is 2. The molecule has 0 saturated carbocycles. The lowest BCUT2D eigenvalue weighted by Crippen LogP contribution is -2.34. The number of carbonyl (C=O) groups is 2. The van der Waals surface area contributed by atoms with Gasteiger partial charge in [0.25, 0.3) is 17.4 Å². The van der Waals surface area contributed by atoms with E-state index in [2.05, 4.69) is 15.3 Å². The Labute approximate surface area is 191 Å². The Bertz CT molecular complexity index is 1300. The van der Waals surface area contributed by atoms with Crippen LogP contribution in [0.4, 0.5) is 0 Å².